The lowest BCUT2D eigenvalue weighted by molar-refractivity contribution is 0.0211. The second-order valence-corrected chi connectivity index (χ2v) is 4.03. The summed E-state index contributed by atoms with van der Waals surface area (Å²) in [4.78, 5) is 0. The molecule has 1 saturated heterocycles. The molecule has 70 valence electrons. The van der Waals surface area contributed by atoms with Gasteiger partial charge in [0, 0.05) is 4.47 Å². The maximum Gasteiger partial charge on any atom is 0.0729 e. The van der Waals surface area contributed by atoms with Gasteiger partial charge in [0.2, 0.25) is 0 Å². The standard InChI is InChI=1S/C9H11BrN2O/c10-6-1-2-9(8(11)3-6)12-7-4-13-5-7/h1-3,7,12H,4-5,11H2. The Labute approximate surface area is 85.4 Å². The Hall–Kier alpha value is -0.740. The molecule has 0 aromatic heterocycles. The van der Waals surface area contributed by atoms with E-state index in [1.807, 2.05) is 18.2 Å². The Morgan fingerprint density at radius 3 is 2.77 bits per heavy atom. The van der Waals surface area contributed by atoms with Crippen molar-refractivity contribution in [3.63, 3.8) is 0 Å². The summed E-state index contributed by atoms with van der Waals surface area (Å²) in [6.45, 7) is 1.55. The molecule has 3 nitrogen and oxygen atoms in total. The molecule has 1 aromatic carbocycles. The molecule has 1 heterocycles. The van der Waals surface area contributed by atoms with Crippen molar-refractivity contribution in [2.45, 2.75) is 6.04 Å². The summed E-state index contributed by atoms with van der Waals surface area (Å²) in [6.07, 6.45) is 0. The molecule has 0 radical (unpaired) electrons. The predicted molar refractivity (Wildman–Crippen MR) is 56.8 cm³/mol. The van der Waals surface area contributed by atoms with Crippen molar-refractivity contribution in [3.05, 3.63) is 22.7 Å². The molecule has 0 spiro atoms. The fourth-order valence-corrected chi connectivity index (χ4v) is 1.58. The summed E-state index contributed by atoms with van der Waals surface area (Å²) >= 11 is 3.36. The first-order valence-corrected chi connectivity index (χ1v) is 4.94. The molecule has 0 atom stereocenters. The Morgan fingerprint density at radius 1 is 1.46 bits per heavy atom. The number of benzene rings is 1. The van der Waals surface area contributed by atoms with E-state index in [4.69, 9.17) is 10.5 Å². The molecular formula is C9H11BrN2O. The summed E-state index contributed by atoms with van der Waals surface area (Å²) in [5.74, 6) is 0. The lowest BCUT2D eigenvalue weighted by atomic mass is 10.2. The molecule has 1 fully saturated rings. The van der Waals surface area contributed by atoms with Crippen molar-refractivity contribution in [2.24, 2.45) is 0 Å². The van der Waals surface area contributed by atoms with E-state index in [2.05, 4.69) is 21.2 Å². The third-order valence-electron chi connectivity index (χ3n) is 2.01. The number of hydrogen-bond acceptors (Lipinski definition) is 3. The van der Waals surface area contributed by atoms with Gasteiger partial charge < -0.3 is 15.8 Å². The van der Waals surface area contributed by atoms with E-state index in [1.165, 1.54) is 0 Å². The van der Waals surface area contributed by atoms with Gasteiger partial charge in [0.05, 0.1) is 30.6 Å². The highest BCUT2D eigenvalue weighted by Gasteiger charge is 2.18. The molecule has 2 rings (SSSR count). The molecule has 0 aliphatic carbocycles. The fraction of sp³-hybridized carbons (Fsp3) is 0.333. The van der Waals surface area contributed by atoms with E-state index in [9.17, 15) is 0 Å². The summed E-state index contributed by atoms with van der Waals surface area (Å²) in [7, 11) is 0. The van der Waals surface area contributed by atoms with Gasteiger partial charge in [-0.05, 0) is 18.2 Å². The zero-order chi connectivity index (χ0) is 9.26. The quantitative estimate of drug-likeness (QED) is 0.779. The highest BCUT2D eigenvalue weighted by atomic mass is 79.9. The van der Waals surface area contributed by atoms with Crippen LogP contribution < -0.4 is 11.1 Å². The van der Waals surface area contributed by atoms with Crippen LogP contribution in [-0.4, -0.2) is 19.3 Å². The number of ether oxygens (including phenoxy) is 1. The van der Waals surface area contributed by atoms with Crippen molar-refractivity contribution in [1.82, 2.24) is 0 Å². The van der Waals surface area contributed by atoms with Gasteiger partial charge in [0.15, 0.2) is 0 Å². The zero-order valence-corrected chi connectivity index (χ0v) is 8.67. The van der Waals surface area contributed by atoms with Crippen LogP contribution in [0.15, 0.2) is 22.7 Å². The highest BCUT2D eigenvalue weighted by molar-refractivity contribution is 9.10. The van der Waals surface area contributed by atoms with E-state index < -0.39 is 0 Å². The summed E-state index contributed by atoms with van der Waals surface area (Å²) in [5, 5.41) is 3.30. The van der Waals surface area contributed by atoms with Gasteiger partial charge in [0.1, 0.15) is 0 Å². The number of anilines is 2. The molecule has 0 bridgehead atoms. The minimum absolute atomic E-state index is 0.420. The molecule has 3 N–H and O–H groups in total. The Balaban J connectivity index is 2.10. The average Bonchev–Trinajstić information content (AvgIpc) is 1.99. The van der Waals surface area contributed by atoms with Gasteiger partial charge in [-0.15, -0.1) is 0 Å². The third-order valence-corrected chi connectivity index (χ3v) is 2.50. The zero-order valence-electron chi connectivity index (χ0n) is 7.09. The predicted octanol–water partition coefficient (Wildman–Crippen LogP) is 1.84. The normalized spacial score (nSPS) is 16.7. The van der Waals surface area contributed by atoms with Crippen molar-refractivity contribution < 1.29 is 4.74 Å². The van der Waals surface area contributed by atoms with Gasteiger partial charge in [-0.1, -0.05) is 15.9 Å². The van der Waals surface area contributed by atoms with Crippen LogP contribution >= 0.6 is 15.9 Å². The van der Waals surface area contributed by atoms with Gasteiger partial charge in [0.25, 0.3) is 0 Å². The van der Waals surface area contributed by atoms with E-state index in [0.717, 1.165) is 29.1 Å². The minimum Gasteiger partial charge on any atom is -0.397 e. The van der Waals surface area contributed by atoms with Crippen LogP contribution in [0.25, 0.3) is 0 Å². The van der Waals surface area contributed by atoms with E-state index in [1.54, 1.807) is 0 Å². The van der Waals surface area contributed by atoms with E-state index in [0.29, 0.717) is 6.04 Å². The van der Waals surface area contributed by atoms with Crippen molar-refractivity contribution >= 4 is 27.3 Å². The largest absolute Gasteiger partial charge is 0.397 e. The minimum atomic E-state index is 0.420. The van der Waals surface area contributed by atoms with Crippen molar-refractivity contribution in [1.29, 1.82) is 0 Å². The van der Waals surface area contributed by atoms with Gasteiger partial charge in [-0.25, -0.2) is 0 Å². The van der Waals surface area contributed by atoms with Crippen LogP contribution in [0, 0.1) is 0 Å². The number of rotatable bonds is 2. The average molecular weight is 243 g/mol. The number of nitrogens with one attached hydrogen (secondary N) is 1. The first kappa shape index (κ1) is 8.84. The third kappa shape index (κ3) is 1.95. The fourth-order valence-electron chi connectivity index (χ4n) is 1.20. The topological polar surface area (TPSA) is 47.3 Å². The summed E-state index contributed by atoms with van der Waals surface area (Å²) in [5.41, 5.74) is 7.56. The summed E-state index contributed by atoms with van der Waals surface area (Å²) < 4.78 is 6.06. The maximum atomic E-state index is 5.82. The Morgan fingerprint density at radius 2 is 2.23 bits per heavy atom. The molecule has 13 heavy (non-hydrogen) atoms. The van der Waals surface area contributed by atoms with Crippen LogP contribution in [0.4, 0.5) is 11.4 Å². The molecule has 0 unspecified atom stereocenters. The molecular weight excluding hydrogens is 232 g/mol. The molecule has 1 aromatic rings. The Kier molecular flexibility index (Phi) is 2.42. The number of hydrogen-bond donors (Lipinski definition) is 2. The van der Waals surface area contributed by atoms with Crippen LogP contribution in [0.2, 0.25) is 0 Å². The van der Waals surface area contributed by atoms with Gasteiger partial charge >= 0.3 is 0 Å². The lowest BCUT2D eigenvalue weighted by Crippen LogP contribution is -2.40. The van der Waals surface area contributed by atoms with Gasteiger partial charge in [-0.3, -0.25) is 0 Å². The van der Waals surface area contributed by atoms with Gasteiger partial charge in [-0.2, -0.15) is 0 Å². The summed E-state index contributed by atoms with van der Waals surface area (Å²) in [6, 6.07) is 6.25. The maximum absolute atomic E-state index is 5.82. The van der Waals surface area contributed by atoms with E-state index in [-0.39, 0.29) is 0 Å². The molecule has 0 amide bonds. The van der Waals surface area contributed by atoms with Crippen LogP contribution in [0.1, 0.15) is 0 Å². The molecule has 0 saturated carbocycles. The SMILES string of the molecule is Nc1cc(Br)ccc1NC1COC1. The van der Waals surface area contributed by atoms with Crippen LogP contribution in [0.3, 0.4) is 0 Å². The van der Waals surface area contributed by atoms with Crippen LogP contribution in [-0.2, 0) is 4.74 Å². The number of nitrogen functional groups attached to an aromatic ring is 1. The molecule has 1 aliphatic rings. The monoisotopic (exact) mass is 242 g/mol. The number of nitrogens with two attached hydrogens (primary N) is 1. The lowest BCUT2D eigenvalue weighted by Gasteiger charge is -2.28. The number of halogens is 1. The smallest absolute Gasteiger partial charge is 0.0729 e. The van der Waals surface area contributed by atoms with Crippen LogP contribution in [0.5, 0.6) is 0 Å². The first-order valence-electron chi connectivity index (χ1n) is 4.15. The molecule has 4 heteroatoms. The second kappa shape index (κ2) is 3.55. The Bertz CT molecular complexity index is 312. The van der Waals surface area contributed by atoms with Crippen molar-refractivity contribution in [3.8, 4) is 0 Å². The van der Waals surface area contributed by atoms with E-state index >= 15 is 0 Å². The second-order valence-electron chi connectivity index (χ2n) is 3.11. The van der Waals surface area contributed by atoms with Crippen molar-refractivity contribution in [2.75, 3.05) is 24.3 Å². The highest BCUT2D eigenvalue weighted by Crippen LogP contribution is 2.24. The first-order chi connectivity index (χ1) is 6.25. The molecule has 1 aliphatic heterocycles.